The first-order valence-corrected chi connectivity index (χ1v) is 10.6. The number of alkyl carbamates (subject to hydrolysis) is 1. The summed E-state index contributed by atoms with van der Waals surface area (Å²) >= 11 is 0. The van der Waals surface area contributed by atoms with Gasteiger partial charge in [0.25, 0.3) is 0 Å². The molecular formula is C21H29N5O4. The van der Waals surface area contributed by atoms with Crippen LogP contribution in [-0.4, -0.2) is 39.0 Å². The van der Waals surface area contributed by atoms with E-state index >= 15 is 0 Å². The van der Waals surface area contributed by atoms with Crippen LogP contribution in [-0.2, 0) is 16.0 Å². The Morgan fingerprint density at radius 1 is 1.27 bits per heavy atom. The molecule has 0 radical (unpaired) electrons. The number of nitrogens with one attached hydrogen (secondary N) is 3. The minimum Gasteiger partial charge on any atom is -0.446 e. The topological polar surface area (TPSA) is 122 Å². The molecule has 2 aromatic heterocycles. The zero-order valence-corrected chi connectivity index (χ0v) is 17.5. The third-order valence-electron chi connectivity index (χ3n) is 5.91. The number of hydrogen-bond acceptors (Lipinski definition) is 6. The zero-order chi connectivity index (χ0) is 21.1. The van der Waals surface area contributed by atoms with Gasteiger partial charge in [0.05, 0.1) is 12.1 Å². The second kappa shape index (κ2) is 8.49. The van der Waals surface area contributed by atoms with Gasteiger partial charge in [-0.1, -0.05) is 5.16 Å². The molecule has 2 fully saturated rings. The molecule has 2 atom stereocenters. The van der Waals surface area contributed by atoms with Crippen molar-refractivity contribution in [3.8, 4) is 0 Å². The first-order chi connectivity index (χ1) is 14.4. The third-order valence-corrected chi connectivity index (χ3v) is 5.91. The lowest BCUT2D eigenvalue weighted by Crippen LogP contribution is -2.36. The smallest absolute Gasteiger partial charge is 0.407 e. The summed E-state index contributed by atoms with van der Waals surface area (Å²) in [5.74, 6) is 1.13. The highest BCUT2D eigenvalue weighted by Gasteiger charge is 2.39. The number of aryl methyl sites for hydroxylation is 1. The Hall–Kier alpha value is -2.84. The standard InChI is InChI=1S/C21H29N5O4/c1-13-10-16(30-26-13)11-19(27)22-18-12-17(24-25-18)14-4-3-5-15(7-6-14)29-20(28)23-21(2)8-9-21/h10,12,14-15H,3-9,11H2,1-2H3,(H,23,28)(H2,22,24,25,27)/t14-,15+/m0/s1. The lowest BCUT2D eigenvalue weighted by molar-refractivity contribution is -0.115. The third kappa shape index (κ3) is 5.40. The molecule has 0 spiro atoms. The van der Waals surface area contributed by atoms with E-state index in [1.807, 2.05) is 19.9 Å². The zero-order valence-electron chi connectivity index (χ0n) is 17.5. The van der Waals surface area contributed by atoms with Crippen molar-refractivity contribution >= 4 is 17.8 Å². The van der Waals surface area contributed by atoms with Crippen LogP contribution in [0.2, 0.25) is 0 Å². The van der Waals surface area contributed by atoms with Crippen LogP contribution in [0.25, 0.3) is 0 Å². The highest BCUT2D eigenvalue weighted by molar-refractivity contribution is 5.91. The van der Waals surface area contributed by atoms with E-state index in [0.29, 0.717) is 17.5 Å². The normalized spacial score (nSPS) is 22.7. The monoisotopic (exact) mass is 415 g/mol. The van der Waals surface area contributed by atoms with Gasteiger partial charge in [0.15, 0.2) is 5.82 Å². The van der Waals surface area contributed by atoms with Crippen LogP contribution in [0.3, 0.4) is 0 Å². The van der Waals surface area contributed by atoms with Crippen LogP contribution in [0.15, 0.2) is 16.7 Å². The number of hydrogen-bond donors (Lipinski definition) is 3. The molecule has 9 heteroatoms. The fourth-order valence-corrected chi connectivity index (χ4v) is 3.89. The van der Waals surface area contributed by atoms with E-state index in [1.165, 1.54) is 0 Å². The summed E-state index contributed by atoms with van der Waals surface area (Å²) in [6.45, 7) is 3.85. The van der Waals surface area contributed by atoms with Gasteiger partial charge in [0.2, 0.25) is 5.91 Å². The van der Waals surface area contributed by atoms with Crippen molar-refractivity contribution in [1.29, 1.82) is 0 Å². The van der Waals surface area contributed by atoms with E-state index < -0.39 is 0 Å². The van der Waals surface area contributed by atoms with Crippen molar-refractivity contribution < 1.29 is 18.8 Å². The van der Waals surface area contributed by atoms with Gasteiger partial charge in [0, 0.05) is 29.3 Å². The van der Waals surface area contributed by atoms with Gasteiger partial charge >= 0.3 is 6.09 Å². The average Bonchev–Trinajstić information content (AvgIpc) is 3.09. The lowest BCUT2D eigenvalue weighted by Gasteiger charge is -2.18. The summed E-state index contributed by atoms with van der Waals surface area (Å²) in [5, 5.41) is 16.8. The average molecular weight is 415 g/mol. The Bertz CT molecular complexity index is 901. The SMILES string of the molecule is Cc1cc(CC(=O)Nc2cc([C@H]3CCC[C@@H](OC(=O)NC4(C)CC4)CC3)[nH]n2)on1. The van der Waals surface area contributed by atoms with Gasteiger partial charge in [0.1, 0.15) is 11.9 Å². The van der Waals surface area contributed by atoms with E-state index in [1.54, 1.807) is 6.07 Å². The van der Waals surface area contributed by atoms with Crippen LogP contribution >= 0.6 is 0 Å². The number of rotatable bonds is 6. The molecule has 0 aromatic carbocycles. The van der Waals surface area contributed by atoms with E-state index in [-0.39, 0.29) is 30.1 Å². The Kier molecular flexibility index (Phi) is 5.78. The summed E-state index contributed by atoms with van der Waals surface area (Å²) < 4.78 is 10.7. The minimum absolute atomic E-state index is 0.0511. The predicted molar refractivity (Wildman–Crippen MR) is 109 cm³/mol. The Morgan fingerprint density at radius 2 is 2.10 bits per heavy atom. The van der Waals surface area contributed by atoms with Crippen molar-refractivity contribution in [1.82, 2.24) is 20.7 Å². The quantitative estimate of drug-likeness (QED) is 0.620. The number of carbonyl (C=O) groups excluding carboxylic acids is 2. The highest BCUT2D eigenvalue weighted by Crippen LogP contribution is 2.35. The summed E-state index contributed by atoms with van der Waals surface area (Å²) in [6.07, 6.45) is 6.37. The van der Waals surface area contributed by atoms with Crippen molar-refractivity contribution in [2.24, 2.45) is 0 Å². The van der Waals surface area contributed by atoms with E-state index in [4.69, 9.17) is 9.26 Å². The van der Waals surface area contributed by atoms with Crippen LogP contribution in [0.4, 0.5) is 10.6 Å². The summed E-state index contributed by atoms with van der Waals surface area (Å²) in [4.78, 5) is 24.2. The number of nitrogens with zero attached hydrogens (tertiary/aromatic N) is 2. The molecule has 9 nitrogen and oxygen atoms in total. The lowest BCUT2D eigenvalue weighted by atomic mass is 9.97. The largest absolute Gasteiger partial charge is 0.446 e. The maximum absolute atomic E-state index is 12.2. The van der Waals surface area contributed by atoms with Gasteiger partial charge in [-0.25, -0.2) is 4.79 Å². The van der Waals surface area contributed by atoms with Crippen LogP contribution < -0.4 is 10.6 Å². The first kappa shape index (κ1) is 20.4. The van der Waals surface area contributed by atoms with Crippen molar-refractivity contribution in [3.05, 3.63) is 29.3 Å². The molecule has 2 heterocycles. The van der Waals surface area contributed by atoms with Crippen LogP contribution in [0.5, 0.6) is 0 Å². The number of H-pyrrole nitrogens is 1. The molecule has 2 aromatic rings. The molecule has 0 aliphatic heterocycles. The number of ether oxygens (including phenoxy) is 1. The van der Waals surface area contributed by atoms with E-state index in [9.17, 15) is 9.59 Å². The highest BCUT2D eigenvalue weighted by atomic mass is 16.6. The second-order valence-electron chi connectivity index (χ2n) is 8.79. The van der Waals surface area contributed by atoms with E-state index in [0.717, 1.165) is 56.3 Å². The van der Waals surface area contributed by atoms with Gasteiger partial charge in [-0.05, 0) is 58.8 Å². The fraction of sp³-hybridized carbons (Fsp3) is 0.619. The molecule has 0 unspecified atom stereocenters. The van der Waals surface area contributed by atoms with Gasteiger partial charge in [-0.3, -0.25) is 9.89 Å². The van der Waals surface area contributed by atoms with E-state index in [2.05, 4.69) is 26.0 Å². The van der Waals surface area contributed by atoms with Crippen molar-refractivity contribution in [2.75, 3.05) is 5.32 Å². The van der Waals surface area contributed by atoms with Gasteiger partial charge < -0.3 is 19.9 Å². The van der Waals surface area contributed by atoms with Crippen molar-refractivity contribution in [3.63, 3.8) is 0 Å². The fourth-order valence-electron chi connectivity index (χ4n) is 3.89. The summed E-state index contributed by atoms with van der Waals surface area (Å²) in [7, 11) is 0. The van der Waals surface area contributed by atoms with Crippen LogP contribution in [0.1, 0.15) is 74.9 Å². The number of anilines is 1. The second-order valence-corrected chi connectivity index (χ2v) is 8.79. The molecule has 4 rings (SSSR count). The molecule has 0 saturated heterocycles. The van der Waals surface area contributed by atoms with Gasteiger partial charge in [-0.2, -0.15) is 5.10 Å². The van der Waals surface area contributed by atoms with Crippen molar-refractivity contribution in [2.45, 2.75) is 82.8 Å². The molecule has 162 valence electrons. The number of amides is 2. The van der Waals surface area contributed by atoms with Gasteiger partial charge in [-0.15, -0.1) is 0 Å². The molecule has 3 N–H and O–H groups in total. The maximum atomic E-state index is 12.2. The number of aromatic nitrogens is 3. The molecule has 30 heavy (non-hydrogen) atoms. The number of aromatic amines is 1. The molecule has 0 bridgehead atoms. The predicted octanol–water partition coefficient (Wildman–Crippen LogP) is 3.58. The summed E-state index contributed by atoms with van der Waals surface area (Å²) in [5.41, 5.74) is 1.68. The molecule has 2 amide bonds. The molecule has 2 aliphatic rings. The Balaban J connectivity index is 1.26. The maximum Gasteiger partial charge on any atom is 0.407 e. The molecular weight excluding hydrogens is 386 g/mol. The Morgan fingerprint density at radius 3 is 2.83 bits per heavy atom. The van der Waals surface area contributed by atoms with Crippen LogP contribution in [0, 0.1) is 6.92 Å². The molecule has 2 saturated carbocycles. The molecule has 2 aliphatic carbocycles. The Labute approximate surface area is 175 Å². The number of carbonyl (C=O) groups is 2. The minimum atomic E-state index is -0.299. The first-order valence-electron chi connectivity index (χ1n) is 10.6. The summed E-state index contributed by atoms with van der Waals surface area (Å²) in [6, 6.07) is 3.63.